The summed E-state index contributed by atoms with van der Waals surface area (Å²) in [5.41, 5.74) is 5.93. The van der Waals surface area contributed by atoms with E-state index < -0.39 is 17.8 Å². The number of amidine groups is 1. The van der Waals surface area contributed by atoms with Crippen molar-refractivity contribution in [1.82, 2.24) is 20.8 Å². The molecule has 27 heavy (non-hydrogen) atoms. The molecule has 0 bridgehead atoms. The first kappa shape index (κ1) is 18.5. The van der Waals surface area contributed by atoms with Crippen molar-refractivity contribution in [2.24, 2.45) is 16.8 Å². The molecule has 0 aliphatic heterocycles. The Balaban J connectivity index is 1.76. The SMILES string of the molecule is O=C(NN/C(=N\c1ccccn1)c1ccccn1)[C@H]1CCCC[C@H]1C(=O)O. The minimum Gasteiger partial charge on any atom is -0.481 e. The summed E-state index contributed by atoms with van der Waals surface area (Å²) >= 11 is 0. The highest BCUT2D eigenvalue weighted by molar-refractivity contribution is 5.99. The van der Waals surface area contributed by atoms with Crippen LogP contribution in [0.4, 0.5) is 5.82 Å². The van der Waals surface area contributed by atoms with E-state index >= 15 is 0 Å². The summed E-state index contributed by atoms with van der Waals surface area (Å²) in [5.74, 6) is -1.73. The first-order chi connectivity index (χ1) is 13.1. The molecule has 8 nitrogen and oxygen atoms in total. The number of aromatic nitrogens is 2. The summed E-state index contributed by atoms with van der Waals surface area (Å²) in [7, 11) is 0. The van der Waals surface area contributed by atoms with Gasteiger partial charge in [-0.3, -0.25) is 25.4 Å². The molecule has 1 fully saturated rings. The van der Waals surface area contributed by atoms with Crippen molar-refractivity contribution in [3.8, 4) is 0 Å². The van der Waals surface area contributed by atoms with Gasteiger partial charge in [-0.2, -0.15) is 0 Å². The summed E-state index contributed by atoms with van der Waals surface area (Å²) in [6.07, 6.45) is 5.98. The fourth-order valence-electron chi connectivity index (χ4n) is 3.14. The number of hydrogen-bond donors (Lipinski definition) is 3. The standard InChI is InChI=1S/C19H21N5O3/c25-18(13-7-1-2-8-14(13)19(26)27)24-23-17(15-9-3-5-11-20-15)22-16-10-4-6-12-21-16/h3-6,9-14H,1-2,7-8H2,(H,24,25)(H,26,27)(H,21,22,23)/t13-,14+/m0/s1. The van der Waals surface area contributed by atoms with Crippen molar-refractivity contribution >= 4 is 23.5 Å². The Kier molecular flexibility index (Phi) is 6.09. The van der Waals surface area contributed by atoms with Crippen molar-refractivity contribution in [2.75, 3.05) is 0 Å². The summed E-state index contributed by atoms with van der Waals surface area (Å²) in [6.45, 7) is 0. The zero-order valence-electron chi connectivity index (χ0n) is 14.7. The maximum Gasteiger partial charge on any atom is 0.307 e. The fraction of sp³-hybridized carbons (Fsp3) is 0.316. The number of carboxylic acids is 1. The van der Waals surface area contributed by atoms with Gasteiger partial charge in [0.15, 0.2) is 11.7 Å². The van der Waals surface area contributed by atoms with Crippen molar-refractivity contribution < 1.29 is 14.7 Å². The first-order valence-corrected chi connectivity index (χ1v) is 8.85. The van der Waals surface area contributed by atoms with E-state index in [1.54, 1.807) is 48.8 Å². The summed E-state index contributed by atoms with van der Waals surface area (Å²) in [6, 6.07) is 10.7. The van der Waals surface area contributed by atoms with Crippen LogP contribution in [-0.4, -0.2) is 32.8 Å². The average Bonchev–Trinajstić information content (AvgIpc) is 2.72. The molecule has 1 aliphatic carbocycles. The highest BCUT2D eigenvalue weighted by Crippen LogP contribution is 2.30. The van der Waals surface area contributed by atoms with Crippen molar-refractivity contribution in [3.63, 3.8) is 0 Å². The van der Waals surface area contributed by atoms with E-state index in [9.17, 15) is 14.7 Å². The van der Waals surface area contributed by atoms with Gasteiger partial charge >= 0.3 is 5.97 Å². The molecular formula is C19H21N5O3. The van der Waals surface area contributed by atoms with Crippen LogP contribution >= 0.6 is 0 Å². The molecule has 0 spiro atoms. The number of aliphatic imine (C=N–C) groups is 1. The quantitative estimate of drug-likeness (QED) is 0.433. The van der Waals surface area contributed by atoms with Crippen LogP contribution in [0.15, 0.2) is 53.8 Å². The zero-order valence-corrected chi connectivity index (χ0v) is 14.7. The van der Waals surface area contributed by atoms with E-state index in [4.69, 9.17) is 0 Å². The Bertz CT molecular complexity index is 811. The molecule has 0 radical (unpaired) electrons. The topological polar surface area (TPSA) is 117 Å². The highest BCUT2D eigenvalue weighted by atomic mass is 16.4. The third-order valence-electron chi connectivity index (χ3n) is 4.51. The van der Waals surface area contributed by atoms with Crippen LogP contribution in [0.5, 0.6) is 0 Å². The van der Waals surface area contributed by atoms with E-state index in [-0.39, 0.29) is 5.91 Å². The van der Waals surface area contributed by atoms with Crippen LogP contribution in [0.1, 0.15) is 31.4 Å². The van der Waals surface area contributed by atoms with E-state index in [1.165, 1.54) is 0 Å². The Labute approximate surface area is 156 Å². The van der Waals surface area contributed by atoms with Gasteiger partial charge in [0.1, 0.15) is 5.69 Å². The van der Waals surface area contributed by atoms with Gasteiger partial charge in [0, 0.05) is 12.4 Å². The second kappa shape index (κ2) is 8.88. The Morgan fingerprint density at radius 2 is 1.67 bits per heavy atom. The normalized spacial score (nSPS) is 19.9. The van der Waals surface area contributed by atoms with E-state index in [0.717, 1.165) is 12.8 Å². The van der Waals surface area contributed by atoms with Crippen LogP contribution in [0.25, 0.3) is 0 Å². The number of hydrazine groups is 1. The second-order valence-corrected chi connectivity index (χ2v) is 6.31. The third-order valence-corrected chi connectivity index (χ3v) is 4.51. The number of nitrogens with zero attached hydrogens (tertiary/aromatic N) is 3. The molecule has 3 N–H and O–H groups in total. The number of carboxylic acid groups (broad SMARTS) is 1. The maximum absolute atomic E-state index is 12.6. The summed E-state index contributed by atoms with van der Waals surface area (Å²) in [4.78, 5) is 36.8. The molecule has 2 aromatic heterocycles. The lowest BCUT2D eigenvalue weighted by Crippen LogP contribution is -2.48. The largest absolute Gasteiger partial charge is 0.481 e. The van der Waals surface area contributed by atoms with Gasteiger partial charge in [0.25, 0.3) is 0 Å². The molecule has 3 rings (SSSR count). The lowest BCUT2D eigenvalue weighted by molar-refractivity contribution is -0.149. The fourth-order valence-corrected chi connectivity index (χ4v) is 3.14. The predicted molar refractivity (Wildman–Crippen MR) is 99.0 cm³/mol. The molecular weight excluding hydrogens is 346 g/mol. The van der Waals surface area contributed by atoms with Gasteiger partial charge in [-0.05, 0) is 37.1 Å². The monoisotopic (exact) mass is 367 g/mol. The summed E-state index contributed by atoms with van der Waals surface area (Å²) in [5, 5.41) is 9.37. The highest BCUT2D eigenvalue weighted by Gasteiger charge is 2.35. The molecule has 0 aromatic carbocycles. The van der Waals surface area contributed by atoms with Gasteiger partial charge in [-0.15, -0.1) is 0 Å². The molecule has 1 saturated carbocycles. The van der Waals surface area contributed by atoms with Crippen molar-refractivity contribution in [1.29, 1.82) is 0 Å². The molecule has 1 amide bonds. The van der Waals surface area contributed by atoms with Gasteiger partial charge in [-0.25, -0.2) is 9.98 Å². The minimum absolute atomic E-state index is 0.324. The van der Waals surface area contributed by atoms with Crippen LogP contribution in [0.2, 0.25) is 0 Å². The minimum atomic E-state index is -0.929. The van der Waals surface area contributed by atoms with Gasteiger partial charge in [0.2, 0.25) is 5.91 Å². The number of aliphatic carboxylic acids is 1. The number of rotatable bonds is 4. The first-order valence-electron chi connectivity index (χ1n) is 8.85. The van der Waals surface area contributed by atoms with Gasteiger partial charge in [0.05, 0.1) is 11.8 Å². The number of carbonyl (C=O) groups is 2. The predicted octanol–water partition coefficient (Wildman–Crippen LogP) is 2.07. The van der Waals surface area contributed by atoms with Crippen LogP contribution < -0.4 is 10.9 Å². The van der Waals surface area contributed by atoms with Gasteiger partial charge in [-0.1, -0.05) is 25.0 Å². The smallest absolute Gasteiger partial charge is 0.307 e. The lowest BCUT2D eigenvalue weighted by atomic mass is 9.79. The Morgan fingerprint density at radius 3 is 2.30 bits per heavy atom. The molecule has 8 heteroatoms. The number of hydrogen-bond acceptors (Lipinski definition) is 5. The lowest BCUT2D eigenvalue weighted by Gasteiger charge is -2.27. The zero-order chi connectivity index (χ0) is 19.1. The van der Waals surface area contributed by atoms with Crippen molar-refractivity contribution in [3.05, 3.63) is 54.5 Å². The molecule has 140 valence electrons. The Morgan fingerprint density at radius 1 is 0.963 bits per heavy atom. The number of pyridine rings is 2. The second-order valence-electron chi connectivity index (χ2n) is 6.31. The Hall–Kier alpha value is -3.29. The molecule has 1 aliphatic rings. The average molecular weight is 367 g/mol. The number of nitrogens with one attached hydrogen (secondary N) is 2. The van der Waals surface area contributed by atoms with Crippen LogP contribution in [0.3, 0.4) is 0 Å². The molecule has 0 unspecified atom stereocenters. The van der Waals surface area contributed by atoms with E-state index in [2.05, 4.69) is 25.8 Å². The number of amides is 1. The summed E-state index contributed by atoms with van der Waals surface area (Å²) < 4.78 is 0. The third kappa shape index (κ3) is 4.87. The van der Waals surface area contributed by atoms with Crippen LogP contribution in [0, 0.1) is 11.8 Å². The van der Waals surface area contributed by atoms with E-state index in [0.29, 0.717) is 30.2 Å². The molecule has 2 atom stereocenters. The van der Waals surface area contributed by atoms with E-state index in [1.807, 2.05) is 0 Å². The van der Waals surface area contributed by atoms with Crippen LogP contribution in [-0.2, 0) is 9.59 Å². The van der Waals surface area contributed by atoms with Crippen molar-refractivity contribution in [2.45, 2.75) is 25.7 Å². The number of carbonyl (C=O) groups excluding carboxylic acids is 1. The molecule has 0 saturated heterocycles. The van der Waals surface area contributed by atoms with Gasteiger partial charge < -0.3 is 5.11 Å². The maximum atomic E-state index is 12.6. The molecule has 2 aromatic rings. The molecule has 2 heterocycles.